The van der Waals surface area contributed by atoms with Crippen LogP contribution in [0.1, 0.15) is 0 Å². The molecule has 0 spiro atoms. The van der Waals surface area contributed by atoms with Crippen LogP contribution in [0.2, 0.25) is 0 Å². The molecule has 0 rings (SSSR count). The molecule has 0 saturated heterocycles. The van der Waals surface area contributed by atoms with Crippen molar-refractivity contribution in [3.8, 4) is 0 Å². The molecule has 0 aliphatic heterocycles. The molecular formula is CaCeCr7LaO35SrZr. The van der Waals surface area contributed by atoms with Crippen molar-refractivity contribution in [1.29, 1.82) is 0 Å². The number of hydrogen-bond donors (Lipinski definition) is 0. The van der Waals surface area contributed by atoms with Crippen molar-refractivity contribution in [2.75, 3.05) is 0 Å². The summed E-state index contributed by atoms with van der Waals surface area (Å²) in [7, 11) is 0. The molecule has 0 amide bonds. The molecule has 0 aromatic heterocycles. The maximum Gasteiger partial charge on any atom is 4.00 e. The molecule has 267 valence electrons. The number of rotatable bonds is 0. The Morgan fingerprint density at radius 1 is 0.234 bits per heavy atom. The maximum atomic E-state index is 8.62. The second-order valence-corrected chi connectivity index (χ2v) is 19.6. The average Bonchev–Trinajstić information content (AvgIpc) is 1.93. The quantitative estimate of drug-likeness (QED) is 0.203. The van der Waals surface area contributed by atoms with Gasteiger partial charge in [0.1, 0.15) is 0 Å². The minimum Gasteiger partial charge on any atom is 2.00 e. The first-order chi connectivity index (χ1) is 15.7. The van der Waals surface area contributed by atoms with E-state index in [4.69, 9.17) is 138 Å². The van der Waals surface area contributed by atoms with Crippen LogP contribution in [0.15, 0.2) is 0 Å². The van der Waals surface area contributed by atoms with Gasteiger partial charge in [0.2, 0.25) is 0 Å². The Labute approximate surface area is 402 Å². The van der Waals surface area contributed by atoms with E-state index in [1.807, 2.05) is 0 Å². The molecule has 1 radical (unpaired) electrons. The van der Waals surface area contributed by atoms with Gasteiger partial charge in [-0.15, -0.1) is 0 Å². The van der Waals surface area contributed by atoms with Crippen molar-refractivity contribution in [3.63, 3.8) is 0 Å². The van der Waals surface area contributed by atoms with Crippen LogP contribution in [-0.4, -0.2) is 83.2 Å². The van der Waals surface area contributed by atoms with Crippen LogP contribution < -0.4 is 58.2 Å². The number of hydrogen-bond acceptors (Lipinski definition) is 35. The Bertz CT molecular complexity index is 1860. The van der Waals surface area contributed by atoms with E-state index >= 15 is 0 Å². The normalized spacial score (nSPS) is 13.0. The second-order valence-electron chi connectivity index (χ2n) is 4.76. The maximum absolute atomic E-state index is 8.62. The van der Waals surface area contributed by atoms with E-state index in [0.717, 1.165) is 0 Å². The van der Waals surface area contributed by atoms with Crippen molar-refractivity contribution in [3.05, 3.63) is 0 Å². The van der Waals surface area contributed by atoms with Crippen LogP contribution in [0.25, 0.3) is 0 Å². The first-order valence-electron chi connectivity index (χ1n) is 5.83. The van der Waals surface area contributed by atoms with Crippen LogP contribution in [-0.2, 0) is 193 Å². The summed E-state index contributed by atoms with van der Waals surface area (Å²) in [5.41, 5.74) is 0. The van der Waals surface area contributed by atoms with Gasteiger partial charge in [0.15, 0.2) is 0 Å². The van der Waals surface area contributed by atoms with E-state index in [1.54, 1.807) is 0 Å². The molecule has 0 bridgehead atoms. The SMILES string of the molecule is [Ca+2].[Ce+3].[La+3].[O]=[Cr](=[O])(=[O])([O-])[O-].[O]=[Cr](=[O])(=[O])([O-])[O-].[O]=[Cr](=[O])(=[O])([O-])[O-].[O]=[Cr](=[O])(=[O])([O-])[O-].[O]=[Cr](=[O])(=[O])([O-])[O-].[O]=[Cr](=[O])(=[O])([O-])[O-].[O]=[Cr](=[O])(=[O])([O-])[O-].[Sr+2].[Zr+4]. The van der Waals surface area contributed by atoms with E-state index in [1.165, 1.54) is 0 Å². The zero-order valence-corrected chi connectivity index (χ0v) is 44.0. The van der Waals surface area contributed by atoms with Crippen LogP contribution in [0.4, 0.5) is 0 Å². The van der Waals surface area contributed by atoms with E-state index in [-0.39, 0.29) is 187 Å². The predicted molar refractivity (Wildman–Crippen MR) is 25.9 cm³/mol. The average molecular weight is 1420 g/mol. The predicted octanol–water partition coefficient (Wildman–Crippen LogP) is -19.9. The van der Waals surface area contributed by atoms with Gasteiger partial charge in [0.25, 0.3) is 0 Å². The minimum atomic E-state index is -7.62. The topological polar surface area (TPSA) is 681 Å². The molecule has 0 N–H and O–H groups in total. The van der Waals surface area contributed by atoms with E-state index in [0.29, 0.717) is 0 Å². The van der Waals surface area contributed by atoms with Crippen LogP contribution in [0.3, 0.4) is 0 Å². The first-order valence-corrected chi connectivity index (χ1v) is 24.1. The molecule has 0 saturated carbocycles. The summed E-state index contributed by atoms with van der Waals surface area (Å²) in [5.74, 6) is 0. The zero-order chi connectivity index (χ0) is 38.1. The van der Waals surface area contributed by atoms with E-state index < -0.39 is 87.3 Å². The Hall–Kier alpha value is 5.16. The van der Waals surface area contributed by atoms with Gasteiger partial charge in [-0.25, -0.2) is 0 Å². The molecule has 0 fully saturated rings. The van der Waals surface area contributed by atoms with Crippen molar-refractivity contribution in [2.45, 2.75) is 0 Å². The fraction of sp³-hybridized carbons (Fsp3) is 0. The summed E-state index contributed by atoms with van der Waals surface area (Å²) < 4.78 is 302. The summed E-state index contributed by atoms with van der Waals surface area (Å²) in [6.07, 6.45) is 0. The van der Waals surface area contributed by atoms with Crippen LogP contribution >= 0.6 is 0 Å². The molecule has 0 aromatic carbocycles. The van der Waals surface area contributed by atoms with E-state index in [9.17, 15) is 0 Å². The first kappa shape index (κ1) is 84.6. The molecule has 0 aliphatic rings. The van der Waals surface area contributed by atoms with Crippen molar-refractivity contribution >= 4 is 83.2 Å². The fourth-order valence-electron chi connectivity index (χ4n) is 0. The summed E-state index contributed by atoms with van der Waals surface area (Å²) in [6, 6.07) is 0. The monoisotopic (exact) mass is 1420 g/mol. The summed E-state index contributed by atoms with van der Waals surface area (Å²) in [6.45, 7) is 0. The van der Waals surface area contributed by atoms with Crippen molar-refractivity contribution < 1.29 is 329 Å². The van der Waals surface area contributed by atoms with Gasteiger partial charge in [0.05, 0.1) is 0 Å². The molecule has 47 heavy (non-hydrogen) atoms. The third-order valence-corrected chi connectivity index (χ3v) is 0. The van der Waals surface area contributed by atoms with Gasteiger partial charge in [-0.3, -0.25) is 0 Å². The van der Waals surface area contributed by atoms with Crippen molar-refractivity contribution in [1.82, 2.24) is 0 Å². The molecular weight excluding hydrogens is 1420 g/mol. The summed E-state index contributed by atoms with van der Waals surface area (Å²) in [5, 5.41) is 0. The van der Waals surface area contributed by atoms with Crippen LogP contribution in [0, 0.1) is 77.3 Å². The van der Waals surface area contributed by atoms with Crippen molar-refractivity contribution in [2.24, 2.45) is 0 Å². The fourth-order valence-corrected chi connectivity index (χ4v) is 0. The Morgan fingerprint density at radius 3 is 0.234 bits per heavy atom. The summed E-state index contributed by atoms with van der Waals surface area (Å²) >= 11 is -53.4. The largest absolute Gasteiger partial charge is 4.00 e. The second kappa shape index (κ2) is 22.8. The Morgan fingerprint density at radius 2 is 0.234 bits per heavy atom. The van der Waals surface area contributed by atoms with Crippen LogP contribution in [0.5, 0.6) is 0 Å². The van der Waals surface area contributed by atoms with Gasteiger partial charge in [-0.05, 0) is 0 Å². The molecule has 47 heteroatoms. The van der Waals surface area contributed by atoms with Gasteiger partial charge in [-0.2, -0.15) is 0 Å². The smallest absolute Gasteiger partial charge is 2.00 e. The van der Waals surface area contributed by atoms with Gasteiger partial charge < -0.3 is 0 Å². The third kappa shape index (κ3) is 4640. The van der Waals surface area contributed by atoms with Gasteiger partial charge in [0, 0.05) is 0 Å². The minimum absolute atomic E-state index is 0. The summed E-state index contributed by atoms with van der Waals surface area (Å²) in [4.78, 5) is 0. The Balaban J connectivity index is -0.0000000299. The Kier molecular flexibility index (Phi) is 41.0. The third-order valence-electron chi connectivity index (χ3n) is 0. The molecule has 35 nitrogen and oxygen atoms in total. The molecule has 0 unspecified atom stereocenters. The zero-order valence-electron chi connectivity index (χ0n) is 20.1. The molecule has 0 heterocycles. The standard InChI is InChI=1S/Ca.Ce.7Cr.La.35O.Sr.Zr/q+2;+3;;;;;;;;+3;;;;;;;;;;;;;;;;;;;;;;14*-1;+2;+4. The van der Waals surface area contributed by atoms with Gasteiger partial charge >= 0.3 is 412 Å². The molecule has 0 aromatic rings. The van der Waals surface area contributed by atoms with Gasteiger partial charge in [-0.1, -0.05) is 0 Å². The molecule has 0 atom stereocenters. The molecule has 0 aliphatic carbocycles. The van der Waals surface area contributed by atoms with E-state index in [2.05, 4.69) is 0 Å².